The van der Waals surface area contributed by atoms with Crippen LogP contribution in [0.4, 0.5) is 0 Å². The largest absolute Gasteiger partial charge is 0.498 e. The number of rotatable bonds is 7. The summed E-state index contributed by atoms with van der Waals surface area (Å²) in [7, 11) is 3.23. The highest BCUT2D eigenvalue weighted by Crippen LogP contribution is 2.50. The van der Waals surface area contributed by atoms with E-state index in [0.717, 1.165) is 53.4 Å². The molecule has 0 N–H and O–H groups in total. The van der Waals surface area contributed by atoms with Crippen LogP contribution in [0.1, 0.15) is 51.2 Å². The first kappa shape index (κ1) is 32.9. The first-order valence-electron chi connectivity index (χ1n) is 16.9. The third-order valence-corrected chi connectivity index (χ3v) is 10.1. The molecule has 4 aliphatic heterocycles. The minimum atomic E-state index is -0.993. The van der Waals surface area contributed by atoms with E-state index in [4.69, 9.17) is 28.4 Å². The van der Waals surface area contributed by atoms with Crippen LogP contribution in [0.5, 0.6) is 23.0 Å². The maximum Gasteiger partial charge on any atom is 0.269 e. The van der Waals surface area contributed by atoms with E-state index in [-0.39, 0.29) is 42.4 Å². The molecule has 0 spiro atoms. The Bertz CT molecular complexity index is 1730. The monoisotopic (exact) mass is 671 g/mol. The summed E-state index contributed by atoms with van der Waals surface area (Å²) in [6.45, 7) is 12.2. The number of hydrogen-bond donors (Lipinski definition) is 0. The highest BCUT2D eigenvalue weighted by molar-refractivity contribution is 5.91. The van der Waals surface area contributed by atoms with Crippen molar-refractivity contribution in [1.82, 2.24) is 14.7 Å². The molecule has 1 aliphatic carbocycles. The summed E-state index contributed by atoms with van der Waals surface area (Å²) in [5.41, 5.74) is 4.11. The van der Waals surface area contributed by atoms with Crippen molar-refractivity contribution in [3.63, 3.8) is 0 Å². The van der Waals surface area contributed by atoms with E-state index in [2.05, 4.69) is 37.8 Å². The second-order valence-electron chi connectivity index (χ2n) is 14.2. The Morgan fingerprint density at radius 1 is 1.00 bits per heavy atom. The number of ether oxygens (including phenoxy) is 6. The molecule has 3 atom stereocenters. The van der Waals surface area contributed by atoms with Crippen molar-refractivity contribution in [2.75, 3.05) is 53.8 Å². The molecule has 260 valence electrons. The Kier molecular flexibility index (Phi) is 8.73. The lowest BCUT2D eigenvalue weighted by atomic mass is 9.80. The van der Waals surface area contributed by atoms with Gasteiger partial charge >= 0.3 is 0 Å². The fourth-order valence-corrected chi connectivity index (χ4v) is 7.38. The molecular formula is C38H45N3O8. The van der Waals surface area contributed by atoms with Crippen molar-refractivity contribution in [2.24, 2.45) is 5.41 Å². The maximum absolute atomic E-state index is 14.6. The van der Waals surface area contributed by atoms with E-state index in [0.29, 0.717) is 42.7 Å². The van der Waals surface area contributed by atoms with Crippen LogP contribution in [0, 0.1) is 5.41 Å². The van der Waals surface area contributed by atoms with Gasteiger partial charge in [-0.05, 0) is 41.7 Å². The van der Waals surface area contributed by atoms with Gasteiger partial charge in [-0.15, -0.1) is 0 Å². The van der Waals surface area contributed by atoms with E-state index >= 15 is 0 Å². The maximum atomic E-state index is 14.6. The van der Waals surface area contributed by atoms with Gasteiger partial charge in [0.05, 0.1) is 44.6 Å². The van der Waals surface area contributed by atoms with E-state index in [1.54, 1.807) is 20.5 Å². The minimum Gasteiger partial charge on any atom is -0.498 e. The number of piperazine rings is 1. The zero-order valence-electron chi connectivity index (χ0n) is 29.1. The number of carbonyl (C=O) groups is 2. The van der Waals surface area contributed by atoms with E-state index in [9.17, 15) is 9.59 Å². The van der Waals surface area contributed by atoms with Crippen LogP contribution in [-0.4, -0.2) is 92.5 Å². The number of benzene rings is 2. The molecule has 1 fully saturated rings. The van der Waals surface area contributed by atoms with E-state index in [1.807, 2.05) is 47.1 Å². The molecule has 7 rings (SSSR count). The van der Waals surface area contributed by atoms with Gasteiger partial charge in [-0.2, -0.15) is 0 Å². The topological polar surface area (TPSA) is 99.2 Å². The summed E-state index contributed by atoms with van der Waals surface area (Å²) in [6, 6.07) is 11.5. The average Bonchev–Trinajstić information content (AvgIpc) is 3.45. The fraction of sp³-hybridized carbons (Fsp3) is 0.474. The fourth-order valence-electron chi connectivity index (χ4n) is 7.38. The number of fused-ring (bicyclic) bond motifs is 1. The predicted molar refractivity (Wildman–Crippen MR) is 181 cm³/mol. The van der Waals surface area contributed by atoms with Gasteiger partial charge in [-0.1, -0.05) is 45.0 Å². The molecule has 5 aliphatic rings. The van der Waals surface area contributed by atoms with Gasteiger partial charge in [-0.25, -0.2) is 0 Å². The third kappa shape index (κ3) is 6.09. The summed E-state index contributed by atoms with van der Waals surface area (Å²) in [4.78, 5) is 34.5. The van der Waals surface area contributed by atoms with Crippen LogP contribution >= 0.6 is 0 Å². The standard InChI is InChI=1S/C38H45N3O8/c1-23-16-26(25-8-7-9-29(44-5)35(25)45-6)36-34-27(23)20-46-21-32(38(2,3)4)41(34)37(43)31(49-36)18-33(42)40-14-12-39(13-15-40)19-24-10-11-28-30(17-24)48-22-47-28/h7-11,16-17,20,26,31-32H,12-15,18-19,21-22H2,1-6H3. The normalized spacial score (nSPS) is 23.6. The predicted octanol–water partition coefficient (Wildman–Crippen LogP) is 4.98. The van der Waals surface area contributed by atoms with Crippen molar-refractivity contribution in [1.29, 1.82) is 0 Å². The summed E-state index contributed by atoms with van der Waals surface area (Å²) in [5.74, 6) is 2.62. The van der Waals surface area contributed by atoms with Gasteiger partial charge in [0.2, 0.25) is 12.7 Å². The molecule has 4 heterocycles. The number of methoxy groups -OCH3 is 2. The molecule has 0 bridgehead atoms. The van der Waals surface area contributed by atoms with Crippen molar-refractivity contribution in [2.45, 2.75) is 58.7 Å². The molecule has 2 amide bonds. The molecule has 1 saturated heterocycles. The van der Waals surface area contributed by atoms with Gasteiger partial charge in [-0.3, -0.25) is 19.4 Å². The van der Waals surface area contributed by atoms with Crippen LogP contribution in [0.2, 0.25) is 0 Å². The van der Waals surface area contributed by atoms with Crippen LogP contribution in [0.15, 0.2) is 71.3 Å². The van der Waals surface area contributed by atoms with Crippen molar-refractivity contribution < 1.29 is 38.0 Å². The quantitative estimate of drug-likeness (QED) is 0.404. The number of carbonyl (C=O) groups excluding carboxylic acids is 2. The van der Waals surface area contributed by atoms with E-state index < -0.39 is 6.10 Å². The number of allylic oxidation sites excluding steroid dienone is 2. The summed E-state index contributed by atoms with van der Waals surface area (Å²) in [6.07, 6.45) is 2.79. The lowest BCUT2D eigenvalue weighted by molar-refractivity contribution is -0.153. The highest BCUT2D eigenvalue weighted by atomic mass is 16.7. The molecule has 2 aromatic rings. The first-order valence-corrected chi connectivity index (χ1v) is 16.9. The zero-order chi connectivity index (χ0) is 34.4. The number of amides is 2. The molecule has 49 heavy (non-hydrogen) atoms. The number of hydrogen-bond acceptors (Lipinski definition) is 9. The van der Waals surface area contributed by atoms with Crippen LogP contribution < -0.4 is 18.9 Å². The minimum absolute atomic E-state index is 0.0598. The molecular weight excluding hydrogens is 626 g/mol. The molecule has 0 saturated carbocycles. The van der Waals surface area contributed by atoms with Gasteiger partial charge in [0.15, 0.2) is 29.1 Å². The Morgan fingerprint density at radius 3 is 2.51 bits per heavy atom. The molecule has 11 heteroatoms. The number of para-hydroxylation sites is 1. The molecule has 2 aromatic carbocycles. The zero-order valence-corrected chi connectivity index (χ0v) is 29.1. The third-order valence-electron chi connectivity index (χ3n) is 10.1. The van der Waals surface area contributed by atoms with Crippen molar-refractivity contribution >= 4 is 11.8 Å². The van der Waals surface area contributed by atoms with Crippen LogP contribution in [0.3, 0.4) is 0 Å². The van der Waals surface area contributed by atoms with Gasteiger partial charge < -0.3 is 33.3 Å². The first-order chi connectivity index (χ1) is 23.6. The summed E-state index contributed by atoms with van der Waals surface area (Å²) in [5, 5.41) is 0. The molecule has 0 aromatic heterocycles. The Hall–Kier alpha value is -4.64. The van der Waals surface area contributed by atoms with Crippen molar-refractivity contribution in [3.05, 3.63) is 82.5 Å². The average molecular weight is 672 g/mol. The Morgan fingerprint density at radius 2 is 1.78 bits per heavy atom. The van der Waals surface area contributed by atoms with Gasteiger partial charge in [0.1, 0.15) is 12.4 Å². The second-order valence-corrected chi connectivity index (χ2v) is 14.2. The smallest absolute Gasteiger partial charge is 0.269 e. The lowest BCUT2D eigenvalue weighted by Crippen LogP contribution is -2.56. The van der Waals surface area contributed by atoms with Gasteiger partial charge in [0.25, 0.3) is 5.91 Å². The summed E-state index contributed by atoms with van der Waals surface area (Å²) >= 11 is 0. The van der Waals surface area contributed by atoms with Crippen LogP contribution in [0.25, 0.3) is 0 Å². The SMILES string of the molecule is COc1cccc(C2C=C(C)C3=COCC(C(C)(C)C)N4C(=O)C(CC(=O)N5CCN(Cc6ccc7c(c6)OCO7)CC5)OC2=C34)c1OC. The molecule has 11 nitrogen and oxygen atoms in total. The van der Waals surface area contributed by atoms with Crippen molar-refractivity contribution in [3.8, 4) is 23.0 Å². The van der Waals surface area contributed by atoms with E-state index in [1.165, 1.54) is 0 Å². The Labute approximate surface area is 287 Å². The summed E-state index contributed by atoms with van der Waals surface area (Å²) < 4.78 is 35.3. The Balaban J connectivity index is 1.15. The second kappa shape index (κ2) is 13.0. The molecule has 3 unspecified atom stereocenters. The molecule has 0 radical (unpaired) electrons. The number of nitrogens with zero attached hydrogens (tertiary/aromatic N) is 3. The van der Waals surface area contributed by atoms with Gasteiger partial charge in [0, 0.05) is 43.9 Å². The highest BCUT2D eigenvalue weighted by Gasteiger charge is 2.50. The lowest BCUT2D eigenvalue weighted by Gasteiger charge is -2.46. The van der Waals surface area contributed by atoms with Crippen LogP contribution in [-0.2, 0) is 25.6 Å².